The van der Waals surface area contributed by atoms with Crippen molar-refractivity contribution >= 4 is 18.2 Å². The lowest BCUT2D eigenvalue weighted by atomic mass is 10.4. The van der Waals surface area contributed by atoms with Gasteiger partial charge in [-0.25, -0.2) is 0 Å². The van der Waals surface area contributed by atoms with E-state index < -0.39 is 0 Å². The number of hydrogen-bond donors (Lipinski definition) is 0. The van der Waals surface area contributed by atoms with Gasteiger partial charge in [0.05, 0.1) is 11.9 Å². The lowest BCUT2D eigenvalue weighted by Crippen LogP contribution is -2.05. The molecule has 9 heavy (non-hydrogen) atoms. The molecule has 0 aromatic carbocycles. The molecule has 0 spiro atoms. The summed E-state index contributed by atoms with van der Waals surface area (Å²) in [6.45, 7) is 0. The van der Waals surface area contributed by atoms with Crippen LogP contribution >= 0.6 is 11.9 Å². The van der Waals surface area contributed by atoms with Crippen LogP contribution in [0.15, 0.2) is 29.2 Å². The minimum atomic E-state index is 1.08. The van der Waals surface area contributed by atoms with Gasteiger partial charge in [0.2, 0.25) is 0 Å². The van der Waals surface area contributed by atoms with Crippen molar-refractivity contribution in [2.75, 3.05) is 5.75 Å². The molecule has 2 aliphatic heterocycles. The minimum absolute atomic E-state index is 1.08. The Balaban J connectivity index is 2.33. The molecular weight excluding hydrogens is 132 g/mol. The molecule has 0 atom stereocenters. The lowest BCUT2D eigenvalue weighted by Gasteiger charge is -2.13. The highest BCUT2D eigenvalue weighted by Crippen LogP contribution is 2.25. The van der Waals surface area contributed by atoms with Crippen molar-refractivity contribution in [1.29, 1.82) is 0 Å². The van der Waals surface area contributed by atoms with Crippen molar-refractivity contribution in [3.63, 3.8) is 0 Å². The summed E-state index contributed by atoms with van der Waals surface area (Å²) in [5, 5.41) is 0. The van der Waals surface area contributed by atoms with E-state index in [2.05, 4.69) is 15.4 Å². The first-order valence-electron chi connectivity index (χ1n) is 2.79. The van der Waals surface area contributed by atoms with E-state index in [1.165, 1.54) is 5.70 Å². The molecule has 3 heteroatoms. The fourth-order valence-corrected chi connectivity index (χ4v) is 1.64. The SMILES string of the molecule is C1=CN2SCC=C2C=N1. The molecule has 0 aromatic rings. The first kappa shape index (κ1) is 5.11. The summed E-state index contributed by atoms with van der Waals surface area (Å²) < 4.78 is 2.12. The van der Waals surface area contributed by atoms with Crippen LogP contribution in [0.3, 0.4) is 0 Å². The van der Waals surface area contributed by atoms with Crippen LogP contribution in [0.1, 0.15) is 0 Å². The van der Waals surface area contributed by atoms with Gasteiger partial charge in [0.1, 0.15) is 0 Å². The number of allylic oxidation sites excluding steroid dienone is 1. The highest BCUT2D eigenvalue weighted by molar-refractivity contribution is 7.97. The Morgan fingerprint density at radius 2 is 2.67 bits per heavy atom. The number of aliphatic imine (C=N–C) groups is 1. The van der Waals surface area contributed by atoms with Crippen molar-refractivity contribution in [3.8, 4) is 0 Å². The zero-order valence-corrected chi connectivity index (χ0v) is 5.64. The van der Waals surface area contributed by atoms with Crippen LogP contribution in [0.5, 0.6) is 0 Å². The fourth-order valence-electron chi connectivity index (χ4n) is 0.825. The molecule has 0 aromatic heterocycles. The van der Waals surface area contributed by atoms with Crippen LogP contribution in [0, 0.1) is 0 Å². The van der Waals surface area contributed by atoms with Crippen LogP contribution in [0.4, 0.5) is 0 Å². The van der Waals surface area contributed by atoms with Crippen molar-refractivity contribution in [1.82, 2.24) is 4.31 Å². The second-order valence-corrected chi connectivity index (χ2v) is 2.81. The minimum Gasteiger partial charge on any atom is -0.289 e. The normalized spacial score (nSPS) is 22.2. The van der Waals surface area contributed by atoms with Gasteiger partial charge in [-0.15, -0.1) is 0 Å². The van der Waals surface area contributed by atoms with Crippen molar-refractivity contribution in [3.05, 3.63) is 24.2 Å². The first-order chi connectivity index (χ1) is 4.47. The predicted molar refractivity (Wildman–Crippen MR) is 40.0 cm³/mol. The van der Waals surface area contributed by atoms with Gasteiger partial charge < -0.3 is 0 Å². The Morgan fingerprint density at radius 3 is 3.56 bits per heavy atom. The van der Waals surface area contributed by atoms with Gasteiger partial charge in [0.15, 0.2) is 0 Å². The Bertz CT molecular complexity index is 202. The molecule has 0 saturated carbocycles. The van der Waals surface area contributed by atoms with E-state index >= 15 is 0 Å². The number of rotatable bonds is 0. The van der Waals surface area contributed by atoms with Gasteiger partial charge >= 0.3 is 0 Å². The Morgan fingerprint density at radius 1 is 1.67 bits per heavy atom. The highest BCUT2D eigenvalue weighted by atomic mass is 32.2. The molecular formula is C6H6N2S. The molecule has 0 amide bonds. The maximum absolute atomic E-state index is 3.99. The quantitative estimate of drug-likeness (QED) is 0.470. The second kappa shape index (κ2) is 1.92. The molecule has 0 bridgehead atoms. The van der Waals surface area contributed by atoms with Crippen LogP contribution in [0.2, 0.25) is 0 Å². The molecule has 0 N–H and O–H groups in total. The van der Waals surface area contributed by atoms with Crippen LogP contribution in [0.25, 0.3) is 0 Å². The third kappa shape index (κ3) is 0.772. The number of fused-ring (bicyclic) bond motifs is 1. The van der Waals surface area contributed by atoms with E-state index in [9.17, 15) is 0 Å². The van der Waals surface area contributed by atoms with E-state index in [0.717, 1.165) is 5.75 Å². The van der Waals surface area contributed by atoms with E-state index in [1.54, 1.807) is 18.1 Å². The topological polar surface area (TPSA) is 15.6 Å². The molecule has 2 nitrogen and oxygen atoms in total. The largest absolute Gasteiger partial charge is 0.289 e. The van der Waals surface area contributed by atoms with E-state index in [0.29, 0.717) is 0 Å². The maximum Gasteiger partial charge on any atom is 0.0670 e. The van der Waals surface area contributed by atoms with E-state index in [-0.39, 0.29) is 0 Å². The number of hydrogen-bond acceptors (Lipinski definition) is 3. The van der Waals surface area contributed by atoms with Gasteiger partial charge in [0.25, 0.3) is 0 Å². The fraction of sp³-hybridized carbons (Fsp3) is 0.167. The van der Waals surface area contributed by atoms with Crippen molar-refractivity contribution in [2.24, 2.45) is 4.99 Å². The summed E-state index contributed by atoms with van der Waals surface area (Å²) >= 11 is 1.79. The Kier molecular flexibility index (Phi) is 1.09. The molecule has 2 heterocycles. The zero-order chi connectivity index (χ0) is 6.10. The summed E-state index contributed by atoms with van der Waals surface area (Å²) in [6, 6.07) is 0. The summed E-state index contributed by atoms with van der Waals surface area (Å²) in [5.74, 6) is 1.08. The van der Waals surface area contributed by atoms with Gasteiger partial charge in [-0.1, -0.05) is 0 Å². The van der Waals surface area contributed by atoms with Crippen LogP contribution < -0.4 is 0 Å². The first-order valence-corrected chi connectivity index (χ1v) is 3.73. The molecule has 46 valence electrons. The van der Waals surface area contributed by atoms with E-state index in [1.807, 2.05) is 12.4 Å². The number of nitrogens with zero attached hydrogens (tertiary/aromatic N) is 2. The molecule has 2 aliphatic rings. The average molecular weight is 138 g/mol. The molecule has 0 radical (unpaired) electrons. The molecule has 0 aliphatic carbocycles. The zero-order valence-electron chi connectivity index (χ0n) is 4.82. The third-order valence-corrected chi connectivity index (χ3v) is 2.18. The summed E-state index contributed by atoms with van der Waals surface area (Å²) in [6.07, 6.45) is 7.82. The van der Waals surface area contributed by atoms with Crippen molar-refractivity contribution in [2.45, 2.75) is 0 Å². The second-order valence-electron chi connectivity index (χ2n) is 1.83. The predicted octanol–water partition coefficient (Wildman–Crippen LogP) is 1.39. The monoisotopic (exact) mass is 138 g/mol. The summed E-state index contributed by atoms with van der Waals surface area (Å²) in [4.78, 5) is 3.99. The molecule has 2 rings (SSSR count). The van der Waals surface area contributed by atoms with Crippen LogP contribution in [-0.2, 0) is 0 Å². The highest BCUT2D eigenvalue weighted by Gasteiger charge is 2.12. The van der Waals surface area contributed by atoms with Gasteiger partial charge in [-0.3, -0.25) is 9.30 Å². The molecule has 0 unspecified atom stereocenters. The van der Waals surface area contributed by atoms with Crippen LogP contribution in [-0.4, -0.2) is 16.3 Å². The lowest BCUT2D eigenvalue weighted by molar-refractivity contribution is 0.822. The van der Waals surface area contributed by atoms with Gasteiger partial charge in [0, 0.05) is 18.2 Å². The average Bonchev–Trinajstić information content (AvgIpc) is 2.33. The summed E-state index contributed by atoms with van der Waals surface area (Å²) in [7, 11) is 0. The van der Waals surface area contributed by atoms with E-state index in [4.69, 9.17) is 0 Å². The molecule has 0 saturated heterocycles. The van der Waals surface area contributed by atoms with Gasteiger partial charge in [-0.05, 0) is 18.0 Å². The van der Waals surface area contributed by atoms with Gasteiger partial charge in [-0.2, -0.15) is 0 Å². The maximum atomic E-state index is 3.99. The Hall–Kier alpha value is -0.700. The third-order valence-electron chi connectivity index (χ3n) is 1.26. The smallest absolute Gasteiger partial charge is 0.0670 e. The molecule has 0 fully saturated rings. The van der Waals surface area contributed by atoms with Crippen molar-refractivity contribution < 1.29 is 0 Å². The Labute approximate surface area is 58.1 Å². The standard InChI is InChI=1S/C6H6N2S/c1-4-9-8-3-2-7-5-6(1)8/h1-3,5H,4H2. The summed E-state index contributed by atoms with van der Waals surface area (Å²) in [5.41, 5.74) is 1.21.